The minimum atomic E-state index is -1.18. The van der Waals surface area contributed by atoms with Gasteiger partial charge in [0.2, 0.25) is 0 Å². The largest absolute Gasteiger partial charge is 0.480 e. The molecule has 4 N–H and O–H groups in total. The lowest BCUT2D eigenvalue weighted by atomic mass is 10.0. The molecule has 1 atom stereocenters. The summed E-state index contributed by atoms with van der Waals surface area (Å²) in [6.07, 6.45) is 1.65. The molecule has 0 saturated carbocycles. The fraction of sp³-hybridized carbons (Fsp3) is 0.607. The van der Waals surface area contributed by atoms with Crippen molar-refractivity contribution in [3.05, 3.63) is 47.0 Å². The van der Waals surface area contributed by atoms with Crippen LogP contribution in [0.2, 0.25) is 0 Å². The number of carbonyl (C=O) groups is 4. The van der Waals surface area contributed by atoms with E-state index in [1.165, 1.54) is 21.9 Å². The second-order valence-electron chi connectivity index (χ2n) is 10.8. The second-order valence-corrected chi connectivity index (χ2v) is 10.8. The van der Waals surface area contributed by atoms with Crippen LogP contribution in [0.15, 0.2) is 24.3 Å². The zero-order chi connectivity index (χ0) is 32.6. The summed E-state index contributed by atoms with van der Waals surface area (Å²) in [7, 11) is 6.08. The number of hydrogen-bond donors (Lipinski definition) is 4. The molecule has 1 aliphatic heterocycles. The number of nitro groups is 1. The van der Waals surface area contributed by atoms with E-state index < -0.39 is 41.9 Å². The minimum absolute atomic E-state index is 0.0291. The number of benzene rings is 1. The molecule has 0 amide bonds. The maximum atomic E-state index is 11.6. The maximum absolute atomic E-state index is 11.6. The molecule has 1 aliphatic rings. The normalized spacial score (nSPS) is 17.4. The van der Waals surface area contributed by atoms with Gasteiger partial charge in [0.1, 0.15) is 0 Å². The van der Waals surface area contributed by atoms with Crippen molar-refractivity contribution in [1.29, 1.82) is 0 Å². The molecule has 2 radical (unpaired) electrons. The third-order valence-corrected chi connectivity index (χ3v) is 7.38. The Labute approximate surface area is 256 Å². The first-order valence-corrected chi connectivity index (χ1v) is 14.3. The SMILES string of the molecule is [CH]N1CCN(CC(=O)O)CCN(C(CCCc2ccc([N+](=O)[O-])cc2)CN(CC(=O)O)CC(=O)O)CCN(CC(=O)O)CC1. The van der Waals surface area contributed by atoms with E-state index in [1.54, 1.807) is 21.9 Å². The van der Waals surface area contributed by atoms with Crippen LogP contribution in [0, 0.1) is 17.2 Å². The summed E-state index contributed by atoms with van der Waals surface area (Å²) in [5.41, 5.74) is 0.834. The number of rotatable bonds is 16. The lowest BCUT2D eigenvalue weighted by Crippen LogP contribution is -2.52. The summed E-state index contributed by atoms with van der Waals surface area (Å²) < 4.78 is 0. The van der Waals surface area contributed by atoms with Gasteiger partial charge in [0.25, 0.3) is 5.69 Å². The molecule has 1 aromatic carbocycles. The van der Waals surface area contributed by atoms with E-state index in [9.17, 15) is 49.7 Å². The Kier molecular flexibility index (Phi) is 15.6. The lowest BCUT2D eigenvalue weighted by Gasteiger charge is -2.38. The molecule has 44 heavy (non-hydrogen) atoms. The van der Waals surface area contributed by atoms with Gasteiger partial charge in [-0.15, -0.1) is 0 Å². The number of nitro benzene ring substituents is 1. The molecule has 16 heteroatoms. The molecule has 0 bridgehead atoms. The van der Waals surface area contributed by atoms with Gasteiger partial charge in [-0.05, 0) is 24.8 Å². The number of aryl methyl sites for hydroxylation is 1. The monoisotopic (exact) mass is 622 g/mol. The van der Waals surface area contributed by atoms with Crippen molar-refractivity contribution in [1.82, 2.24) is 24.5 Å². The molecule has 0 spiro atoms. The van der Waals surface area contributed by atoms with Crippen molar-refractivity contribution < 1.29 is 44.5 Å². The number of hydrogen-bond acceptors (Lipinski definition) is 11. The molecule has 2 rings (SSSR count). The fourth-order valence-electron chi connectivity index (χ4n) is 5.17. The molecule has 1 unspecified atom stereocenters. The van der Waals surface area contributed by atoms with Gasteiger partial charge in [0.05, 0.1) is 31.1 Å². The highest BCUT2D eigenvalue weighted by atomic mass is 16.6. The van der Waals surface area contributed by atoms with Crippen molar-refractivity contribution in [2.75, 3.05) is 85.1 Å². The molecular weight excluding hydrogens is 580 g/mol. The Bertz CT molecular complexity index is 1060. The van der Waals surface area contributed by atoms with Crippen LogP contribution in [0.3, 0.4) is 0 Å². The van der Waals surface area contributed by atoms with Gasteiger partial charge in [-0.1, -0.05) is 12.1 Å². The molecule has 1 heterocycles. The maximum Gasteiger partial charge on any atom is 0.317 e. The number of carboxylic acids is 4. The summed E-state index contributed by atoms with van der Waals surface area (Å²) >= 11 is 0. The van der Waals surface area contributed by atoms with Crippen LogP contribution in [0.1, 0.15) is 18.4 Å². The average Bonchev–Trinajstić information content (AvgIpc) is 2.92. The van der Waals surface area contributed by atoms with Crippen LogP contribution in [0.25, 0.3) is 0 Å². The number of non-ortho nitro benzene ring substituents is 1. The highest BCUT2D eigenvalue weighted by molar-refractivity contribution is 5.72. The number of nitrogens with zero attached hydrogens (tertiary/aromatic N) is 6. The third kappa shape index (κ3) is 14.7. The summed E-state index contributed by atoms with van der Waals surface area (Å²) in [5.74, 6) is -4.38. The van der Waals surface area contributed by atoms with E-state index in [2.05, 4.69) is 0 Å². The lowest BCUT2D eigenvalue weighted by molar-refractivity contribution is -0.384. The van der Waals surface area contributed by atoms with Crippen LogP contribution >= 0.6 is 0 Å². The molecule has 0 aliphatic carbocycles. The summed E-state index contributed by atoms with van der Waals surface area (Å²) in [5, 5.41) is 48.8. The molecular formula is C28H42N6O10. The first-order valence-electron chi connectivity index (χ1n) is 14.3. The fourth-order valence-corrected chi connectivity index (χ4v) is 5.17. The van der Waals surface area contributed by atoms with E-state index in [4.69, 9.17) is 7.05 Å². The zero-order valence-corrected chi connectivity index (χ0v) is 24.7. The number of carboxylic acid groups (broad SMARTS) is 4. The Hall–Kier alpha value is -3.70. The van der Waals surface area contributed by atoms with Gasteiger partial charge in [0, 0.05) is 84.1 Å². The highest BCUT2D eigenvalue weighted by Crippen LogP contribution is 2.17. The third-order valence-electron chi connectivity index (χ3n) is 7.38. The highest BCUT2D eigenvalue weighted by Gasteiger charge is 2.26. The van der Waals surface area contributed by atoms with Crippen LogP contribution < -0.4 is 0 Å². The Morgan fingerprint density at radius 1 is 0.795 bits per heavy atom. The second kappa shape index (κ2) is 18.9. The molecule has 1 fully saturated rings. The van der Waals surface area contributed by atoms with Crippen LogP contribution in [-0.4, -0.2) is 165 Å². The molecule has 244 valence electrons. The van der Waals surface area contributed by atoms with Crippen molar-refractivity contribution in [2.24, 2.45) is 0 Å². The van der Waals surface area contributed by atoms with Gasteiger partial charge in [-0.3, -0.25) is 53.8 Å². The predicted octanol–water partition coefficient (Wildman–Crippen LogP) is -0.183. The van der Waals surface area contributed by atoms with E-state index >= 15 is 0 Å². The smallest absolute Gasteiger partial charge is 0.317 e. The zero-order valence-electron chi connectivity index (χ0n) is 24.7. The van der Waals surface area contributed by atoms with Crippen LogP contribution in [0.5, 0.6) is 0 Å². The number of aliphatic carboxylic acids is 4. The molecule has 16 nitrogen and oxygen atoms in total. The van der Waals surface area contributed by atoms with E-state index in [0.717, 1.165) is 5.56 Å². The van der Waals surface area contributed by atoms with Crippen molar-refractivity contribution in [3.8, 4) is 0 Å². The van der Waals surface area contributed by atoms with E-state index in [0.29, 0.717) is 71.6 Å². The summed E-state index contributed by atoms with van der Waals surface area (Å²) in [6.45, 7) is 1.44. The van der Waals surface area contributed by atoms with Gasteiger partial charge in [-0.25, -0.2) is 0 Å². The quantitative estimate of drug-likeness (QED) is 0.139. The van der Waals surface area contributed by atoms with Crippen molar-refractivity contribution >= 4 is 29.6 Å². The Morgan fingerprint density at radius 2 is 1.27 bits per heavy atom. The summed E-state index contributed by atoms with van der Waals surface area (Å²) in [6, 6.07) is 5.80. The first kappa shape index (κ1) is 36.5. The average molecular weight is 623 g/mol. The van der Waals surface area contributed by atoms with Gasteiger partial charge < -0.3 is 20.4 Å². The Balaban J connectivity index is 2.34. The molecule has 1 saturated heterocycles. The van der Waals surface area contributed by atoms with Gasteiger partial charge in [0.15, 0.2) is 0 Å². The molecule has 0 aromatic heterocycles. The topological polar surface area (TPSA) is 209 Å². The summed E-state index contributed by atoms with van der Waals surface area (Å²) in [4.78, 5) is 65.1. The van der Waals surface area contributed by atoms with Crippen molar-refractivity contribution in [3.63, 3.8) is 0 Å². The van der Waals surface area contributed by atoms with Gasteiger partial charge >= 0.3 is 23.9 Å². The van der Waals surface area contributed by atoms with Crippen LogP contribution in [0.4, 0.5) is 5.69 Å². The Morgan fingerprint density at radius 3 is 1.70 bits per heavy atom. The predicted molar refractivity (Wildman–Crippen MR) is 157 cm³/mol. The van der Waals surface area contributed by atoms with Gasteiger partial charge in [-0.2, -0.15) is 0 Å². The minimum Gasteiger partial charge on any atom is -0.480 e. The van der Waals surface area contributed by atoms with E-state index in [1.807, 2.05) is 4.90 Å². The first-order chi connectivity index (χ1) is 20.8. The van der Waals surface area contributed by atoms with Crippen molar-refractivity contribution in [2.45, 2.75) is 25.3 Å². The standard InChI is InChI=1S/C28H42N6O10/c1-29-9-11-30(18-25(35)36)13-15-33(16-14-31(12-10-29)19-26(37)38)24(17-32(20-27(39)40)21-28(41)42)4-2-3-22-5-7-23(8-6-22)34(43)44/h1,5-8,24H,2-4,9-21H2,(H,35,36)(H,37,38)(H,39,40)(H,41,42). The van der Waals surface area contributed by atoms with Crippen LogP contribution in [-0.2, 0) is 25.6 Å². The van der Waals surface area contributed by atoms with E-state index in [-0.39, 0.29) is 31.4 Å². The molecule has 1 aromatic rings.